The first-order valence-corrected chi connectivity index (χ1v) is 14.1. The highest BCUT2D eigenvalue weighted by atomic mass is 35.5. The molecule has 4 rings (SSSR count). The number of nitrogens with zero attached hydrogens (tertiary/aromatic N) is 2. The molecule has 0 bridgehead atoms. The summed E-state index contributed by atoms with van der Waals surface area (Å²) in [6.45, 7) is 2.54. The van der Waals surface area contributed by atoms with Crippen molar-refractivity contribution < 1.29 is 19.2 Å². The molecule has 0 aromatic heterocycles. The number of hydrogen-bond donors (Lipinski definition) is 1. The standard InChI is InChI=1S/C30H33Cl2N3O4/c1-2-15-33-28(37)26(18-20-8-4-3-5-9-20)35(19-21-12-13-24(31)25(32)17-21)27(36)14-16-34-29(38)22-10-6-7-11-23(22)30(34)39/h3-9,12-13,17,22-23,26H,2,10-11,14-16,18-19H2,1H3,(H,33,37)/t22-,23+,26-/m0/s1. The average molecular weight is 571 g/mol. The van der Waals surface area contributed by atoms with Gasteiger partial charge < -0.3 is 10.2 Å². The van der Waals surface area contributed by atoms with Crippen molar-refractivity contribution in [3.8, 4) is 0 Å². The Morgan fingerprint density at radius 3 is 2.26 bits per heavy atom. The van der Waals surface area contributed by atoms with Crippen molar-refractivity contribution in [1.82, 2.24) is 15.1 Å². The van der Waals surface area contributed by atoms with Crippen LogP contribution < -0.4 is 5.32 Å². The molecule has 39 heavy (non-hydrogen) atoms. The Morgan fingerprint density at radius 1 is 0.974 bits per heavy atom. The lowest BCUT2D eigenvalue weighted by molar-refractivity contribution is -0.144. The number of likely N-dealkylation sites (tertiary alicyclic amines) is 1. The molecule has 2 aromatic carbocycles. The highest BCUT2D eigenvalue weighted by Crippen LogP contribution is 2.35. The predicted molar refractivity (Wildman–Crippen MR) is 151 cm³/mol. The highest BCUT2D eigenvalue weighted by molar-refractivity contribution is 6.42. The van der Waals surface area contributed by atoms with Crippen LogP contribution in [0.3, 0.4) is 0 Å². The summed E-state index contributed by atoms with van der Waals surface area (Å²) in [6.07, 6.45) is 5.92. The minimum absolute atomic E-state index is 0.0178. The number of allylic oxidation sites excluding steroid dienone is 2. The van der Waals surface area contributed by atoms with Crippen molar-refractivity contribution in [2.24, 2.45) is 11.8 Å². The molecular formula is C30H33Cl2N3O4. The van der Waals surface area contributed by atoms with Crippen LogP contribution in [-0.4, -0.2) is 52.6 Å². The molecule has 1 N–H and O–H groups in total. The summed E-state index contributed by atoms with van der Waals surface area (Å²) in [4.78, 5) is 55.9. The topological polar surface area (TPSA) is 86.8 Å². The molecule has 4 amide bonds. The molecule has 1 fully saturated rings. The Hall–Kier alpha value is -3.16. The van der Waals surface area contributed by atoms with Crippen molar-refractivity contribution in [1.29, 1.82) is 0 Å². The Morgan fingerprint density at radius 2 is 1.64 bits per heavy atom. The van der Waals surface area contributed by atoms with Gasteiger partial charge in [0, 0.05) is 32.5 Å². The Bertz CT molecular complexity index is 1220. The van der Waals surface area contributed by atoms with Crippen molar-refractivity contribution in [2.75, 3.05) is 13.1 Å². The van der Waals surface area contributed by atoms with Gasteiger partial charge in [0.1, 0.15) is 6.04 Å². The van der Waals surface area contributed by atoms with Gasteiger partial charge in [0.15, 0.2) is 0 Å². The Kier molecular flexibility index (Phi) is 9.81. The molecule has 0 saturated carbocycles. The third kappa shape index (κ3) is 6.89. The molecule has 1 saturated heterocycles. The monoisotopic (exact) mass is 569 g/mol. The first kappa shape index (κ1) is 28.8. The second-order valence-corrected chi connectivity index (χ2v) is 10.8. The van der Waals surface area contributed by atoms with Gasteiger partial charge in [0.05, 0.1) is 21.9 Å². The minimum atomic E-state index is -0.808. The van der Waals surface area contributed by atoms with Crippen LogP contribution in [0.4, 0.5) is 0 Å². The lowest BCUT2D eigenvalue weighted by atomic mass is 9.85. The number of benzene rings is 2. The molecule has 0 unspecified atom stereocenters. The summed E-state index contributed by atoms with van der Waals surface area (Å²) >= 11 is 12.4. The normalized spacial score (nSPS) is 19.1. The zero-order valence-electron chi connectivity index (χ0n) is 21.9. The van der Waals surface area contributed by atoms with Gasteiger partial charge in [0.2, 0.25) is 23.6 Å². The van der Waals surface area contributed by atoms with E-state index in [9.17, 15) is 19.2 Å². The van der Waals surface area contributed by atoms with Gasteiger partial charge >= 0.3 is 0 Å². The van der Waals surface area contributed by atoms with Crippen molar-refractivity contribution in [3.05, 3.63) is 81.9 Å². The molecule has 0 spiro atoms. The van der Waals surface area contributed by atoms with Crippen molar-refractivity contribution in [3.63, 3.8) is 0 Å². The number of carbonyl (C=O) groups is 4. The second-order valence-electron chi connectivity index (χ2n) is 10.0. The molecule has 0 radical (unpaired) electrons. The molecule has 2 aliphatic rings. The van der Waals surface area contributed by atoms with Gasteiger partial charge in [0.25, 0.3) is 0 Å². The summed E-state index contributed by atoms with van der Waals surface area (Å²) in [7, 11) is 0. The van der Waals surface area contributed by atoms with E-state index in [1.165, 1.54) is 9.80 Å². The van der Waals surface area contributed by atoms with Crippen molar-refractivity contribution >= 4 is 46.8 Å². The molecule has 7 nitrogen and oxygen atoms in total. The average Bonchev–Trinajstić information content (AvgIpc) is 3.19. The van der Waals surface area contributed by atoms with Crippen LogP contribution in [0, 0.1) is 11.8 Å². The van der Waals surface area contributed by atoms with Crippen LogP contribution in [-0.2, 0) is 32.1 Å². The van der Waals surface area contributed by atoms with Crippen LogP contribution in [0.5, 0.6) is 0 Å². The zero-order valence-corrected chi connectivity index (χ0v) is 23.5. The third-order valence-corrected chi connectivity index (χ3v) is 8.04. The lowest BCUT2D eigenvalue weighted by Gasteiger charge is -2.32. The van der Waals surface area contributed by atoms with Crippen LogP contribution in [0.25, 0.3) is 0 Å². The van der Waals surface area contributed by atoms with E-state index in [0.717, 1.165) is 12.0 Å². The summed E-state index contributed by atoms with van der Waals surface area (Å²) in [5.74, 6) is -1.74. The smallest absolute Gasteiger partial charge is 0.243 e. The number of rotatable bonds is 11. The molecule has 1 heterocycles. The maximum absolute atomic E-state index is 13.8. The Labute approximate surface area is 239 Å². The number of amides is 4. The number of halogens is 2. The molecule has 1 aliphatic carbocycles. The first-order valence-electron chi connectivity index (χ1n) is 13.3. The summed E-state index contributed by atoms with van der Waals surface area (Å²) in [6, 6.07) is 13.8. The van der Waals surface area contributed by atoms with Gasteiger partial charge in [-0.1, -0.05) is 78.7 Å². The maximum Gasteiger partial charge on any atom is 0.243 e. The Balaban J connectivity index is 1.59. The molecule has 9 heteroatoms. The zero-order chi connectivity index (χ0) is 27.9. The van der Waals surface area contributed by atoms with Gasteiger partial charge in [-0.25, -0.2) is 0 Å². The van der Waals surface area contributed by atoms with Crippen LogP contribution >= 0.6 is 23.2 Å². The van der Waals surface area contributed by atoms with Crippen LogP contribution in [0.1, 0.15) is 43.7 Å². The van der Waals surface area contributed by atoms with E-state index < -0.39 is 6.04 Å². The number of hydrogen-bond acceptors (Lipinski definition) is 4. The fourth-order valence-corrected chi connectivity index (χ4v) is 5.52. The number of carbonyl (C=O) groups excluding carboxylic acids is 4. The van der Waals surface area contributed by atoms with E-state index in [4.69, 9.17) is 23.2 Å². The van der Waals surface area contributed by atoms with E-state index in [1.807, 2.05) is 49.4 Å². The van der Waals surface area contributed by atoms with Gasteiger partial charge in [-0.05, 0) is 42.5 Å². The summed E-state index contributed by atoms with van der Waals surface area (Å²) < 4.78 is 0. The highest BCUT2D eigenvalue weighted by Gasteiger charge is 2.47. The van der Waals surface area contributed by atoms with E-state index >= 15 is 0 Å². The van der Waals surface area contributed by atoms with E-state index in [-0.39, 0.29) is 55.0 Å². The van der Waals surface area contributed by atoms with E-state index in [2.05, 4.69) is 5.32 Å². The summed E-state index contributed by atoms with van der Waals surface area (Å²) in [5.41, 5.74) is 1.62. The third-order valence-electron chi connectivity index (χ3n) is 7.31. The SMILES string of the molecule is CCCNC(=O)[C@H](Cc1ccccc1)N(Cc1ccc(Cl)c(Cl)c1)C(=O)CCN1C(=O)[C@H]2CC=CC[C@H]2C1=O. The van der Waals surface area contributed by atoms with Gasteiger partial charge in [-0.2, -0.15) is 0 Å². The van der Waals surface area contributed by atoms with Gasteiger partial charge in [-0.15, -0.1) is 0 Å². The fraction of sp³-hybridized carbons (Fsp3) is 0.400. The summed E-state index contributed by atoms with van der Waals surface area (Å²) in [5, 5.41) is 3.67. The molecule has 3 atom stereocenters. The molecule has 2 aromatic rings. The second kappa shape index (κ2) is 13.3. The van der Waals surface area contributed by atoms with Crippen molar-refractivity contribution in [2.45, 2.75) is 51.6 Å². The van der Waals surface area contributed by atoms with Gasteiger partial charge in [-0.3, -0.25) is 24.1 Å². The molecule has 206 valence electrons. The number of nitrogens with one attached hydrogen (secondary N) is 1. The minimum Gasteiger partial charge on any atom is -0.354 e. The fourth-order valence-electron chi connectivity index (χ4n) is 5.20. The molecule has 1 aliphatic heterocycles. The largest absolute Gasteiger partial charge is 0.354 e. The molecular weight excluding hydrogens is 537 g/mol. The first-order chi connectivity index (χ1) is 18.8. The lowest BCUT2D eigenvalue weighted by Crippen LogP contribution is -2.51. The quantitative estimate of drug-likeness (QED) is 0.311. The van der Waals surface area contributed by atoms with E-state index in [0.29, 0.717) is 41.4 Å². The van der Waals surface area contributed by atoms with E-state index in [1.54, 1.807) is 18.2 Å². The maximum atomic E-state index is 13.8. The van der Waals surface area contributed by atoms with Crippen LogP contribution in [0.15, 0.2) is 60.7 Å². The number of imide groups is 1. The predicted octanol–water partition coefficient (Wildman–Crippen LogP) is 4.80. The number of fused-ring (bicyclic) bond motifs is 1. The van der Waals surface area contributed by atoms with Crippen LogP contribution in [0.2, 0.25) is 10.0 Å².